The summed E-state index contributed by atoms with van der Waals surface area (Å²) in [7, 11) is 0. The van der Waals surface area contributed by atoms with Gasteiger partial charge in [-0.2, -0.15) is 0 Å². The molecule has 96 valence electrons. The molecule has 0 fully saturated rings. The average Bonchev–Trinajstić information content (AvgIpc) is 2.33. The van der Waals surface area contributed by atoms with Gasteiger partial charge in [-0.3, -0.25) is 0 Å². The molecular formula is C11H25N3O2. The summed E-state index contributed by atoms with van der Waals surface area (Å²) in [6, 6.07) is 0.139. The Morgan fingerprint density at radius 2 is 1.94 bits per heavy atom. The Morgan fingerprint density at radius 1 is 1.38 bits per heavy atom. The first-order valence-electron chi connectivity index (χ1n) is 5.93. The van der Waals surface area contributed by atoms with Crippen LogP contribution in [0, 0.1) is 0 Å². The first-order chi connectivity index (χ1) is 7.51. The van der Waals surface area contributed by atoms with Crippen LogP contribution in [0.2, 0.25) is 0 Å². The number of aliphatic hydroxyl groups is 1. The van der Waals surface area contributed by atoms with Crippen LogP contribution in [0.25, 0.3) is 0 Å². The molecule has 0 spiro atoms. The third kappa shape index (κ3) is 5.32. The molecular weight excluding hydrogens is 206 g/mol. The molecule has 5 N–H and O–H groups in total. The maximum atomic E-state index is 10.1. The topological polar surface area (TPSA) is 90.9 Å². The molecule has 0 aromatic heterocycles. The maximum Gasteiger partial charge on any atom is 0.140 e. The lowest BCUT2D eigenvalue weighted by Crippen LogP contribution is -2.44. The summed E-state index contributed by atoms with van der Waals surface area (Å²) < 4.78 is 0. The van der Waals surface area contributed by atoms with Crippen molar-refractivity contribution in [1.82, 2.24) is 5.32 Å². The number of nitrogens with two attached hydrogens (primary N) is 1. The zero-order valence-electron chi connectivity index (χ0n) is 10.5. The third-order valence-corrected chi connectivity index (χ3v) is 3.11. The Balaban J connectivity index is 4.14. The minimum Gasteiger partial charge on any atom is -0.409 e. The Morgan fingerprint density at radius 3 is 2.31 bits per heavy atom. The molecule has 16 heavy (non-hydrogen) atoms. The highest BCUT2D eigenvalue weighted by molar-refractivity contribution is 5.80. The molecule has 0 aromatic carbocycles. The molecule has 5 nitrogen and oxygen atoms in total. The molecule has 0 aliphatic rings. The van der Waals surface area contributed by atoms with Gasteiger partial charge in [-0.25, -0.2) is 0 Å². The Hall–Kier alpha value is -0.810. The van der Waals surface area contributed by atoms with E-state index in [0.717, 1.165) is 19.3 Å². The fourth-order valence-corrected chi connectivity index (χ4v) is 1.49. The number of amidine groups is 1. The van der Waals surface area contributed by atoms with Crippen molar-refractivity contribution in [2.45, 2.75) is 58.1 Å². The van der Waals surface area contributed by atoms with E-state index < -0.39 is 5.60 Å². The number of hydrogen-bond donors (Lipinski definition) is 4. The number of nitrogens with one attached hydrogen (secondary N) is 1. The molecule has 0 aromatic rings. The van der Waals surface area contributed by atoms with Crippen LogP contribution in [-0.2, 0) is 0 Å². The fourth-order valence-electron chi connectivity index (χ4n) is 1.49. The van der Waals surface area contributed by atoms with Crippen LogP contribution in [-0.4, -0.2) is 34.3 Å². The molecule has 0 rings (SSSR count). The minimum atomic E-state index is -0.654. The third-order valence-electron chi connectivity index (χ3n) is 3.11. The van der Waals surface area contributed by atoms with Crippen molar-refractivity contribution in [1.29, 1.82) is 0 Å². The van der Waals surface area contributed by atoms with Crippen LogP contribution >= 0.6 is 0 Å². The van der Waals surface area contributed by atoms with Gasteiger partial charge >= 0.3 is 0 Å². The molecule has 1 unspecified atom stereocenters. The average molecular weight is 231 g/mol. The molecule has 0 heterocycles. The van der Waals surface area contributed by atoms with Gasteiger partial charge in [0.05, 0.1) is 5.60 Å². The minimum absolute atomic E-state index is 0.139. The SMILES string of the molecule is CCC(CC(N)=NO)NCC(O)(CC)CC. The van der Waals surface area contributed by atoms with Crippen LogP contribution in [0.4, 0.5) is 0 Å². The highest BCUT2D eigenvalue weighted by Gasteiger charge is 2.23. The number of hydrogen-bond acceptors (Lipinski definition) is 4. The first kappa shape index (κ1) is 15.2. The van der Waals surface area contributed by atoms with E-state index in [9.17, 15) is 5.11 Å². The van der Waals surface area contributed by atoms with Crippen LogP contribution in [0.15, 0.2) is 5.16 Å². The second-order valence-corrected chi connectivity index (χ2v) is 4.21. The molecule has 0 bridgehead atoms. The van der Waals surface area contributed by atoms with E-state index in [1.807, 2.05) is 20.8 Å². The number of oxime groups is 1. The van der Waals surface area contributed by atoms with E-state index >= 15 is 0 Å². The lowest BCUT2D eigenvalue weighted by molar-refractivity contribution is 0.0299. The van der Waals surface area contributed by atoms with E-state index in [1.165, 1.54) is 0 Å². The quantitative estimate of drug-likeness (QED) is 0.217. The summed E-state index contributed by atoms with van der Waals surface area (Å²) in [5.41, 5.74) is 4.80. The number of nitrogens with zero attached hydrogens (tertiary/aromatic N) is 1. The van der Waals surface area contributed by atoms with Crippen molar-refractivity contribution < 1.29 is 10.3 Å². The molecule has 1 atom stereocenters. The van der Waals surface area contributed by atoms with E-state index in [1.54, 1.807) is 0 Å². The van der Waals surface area contributed by atoms with Gasteiger partial charge in [0, 0.05) is 19.0 Å². The smallest absolute Gasteiger partial charge is 0.140 e. The summed E-state index contributed by atoms with van der Waals surface area (Å²) in [5, 5.41) is 24.8. The molecule has 5 heteroatoms. The first-order valence-corrected chi connectivity index (χ1v) is 5.93. The Bertz CT molecular complexity index is 215. The van der Waals surface area contributed by atoms with E-state index in [2.05, 4.69) is 10.5 Å². The summed E-state index contributed by atoms with van der Waals surface area (Å²) in [5.74, 6) is 0.218. The van der Waals surface area contributed by atoms with Gasteiger partial charge in [-0.15, -0.1) is 0 Å². The van der Waals surface area contributed by atoms with Gasteiger partial charge in [0.15, 0.2) is 0 Å². The number of rotatable bonds is 8. The van der Waals surface area contributed by atoms with Gasteiger partial charge in [0.2, 0.25) is 0 Å². The van der Waals surface area contributed by atoms with Crippen molar-refractivity contribution in [3.8, 4) is 0 Å². The van der Waals surface area contributed by atoms with E-state index in [0.29, 0.717) is 13.0 Å². The Kier molecular flexibility index (Phi) is 7.08. The highest BCUT2D eigenvalue weighted by atomic mass is 16.4. The molecule has 0 saturated heterocycles. The predicted molar refractivity (Wildman–Crippen MR) is 65.6 cm³/mol. The van der Waals surface area contributed by atoms with Crippen LogP contribution in [0.5, 0.6) is 0 Å². The highest BCUT2D eigenvalue weighted by Crippen LogP contribution is 2.13. The fraction of sp³-hybridized carbons (Fsp3) is 0.909. The van der Waals surface area contributed by atoms with Gasteiger partial charge in [-0.1, -0.05) is 25.9 Å². The molecule has 0 aliphatic heterocycles. The second kappa shape index (κ2) is 7.46. The van der Waals surface area contributed by atoms with Gasteiger partial charge < -0.3 is 21.4 Å². The van der Waals surface area contributed by atoms with Crippen LogP contribution in [0.3, 0.4) is 0 Å². The monoisotopic (exact) mass is 231 g/mol. The largest absolute Gasteiger partial charge is 0.409 e. The van der Waals surface area contributed by atoms with Crippen molar-refractivity contribution in [3.63, 3.8) is 0 Å². The standard InChI is InChI=1S/C11H25N3O2/c1-4-9(7-10(12)14-16)13-8-11(15,5-2)6-3/h9,13,15-16H,4-8H2,1-3H3,(H2,12,14). The summed E-state index contributed by atoms with van der Waals surface area (Å²) in [4.78, 5) is 0. The summed E-state index contributed by atoms with van der Waals surface area (Å²) in [6.45, 7) is 6.50. The van der Waals surface area contributed by atoms with Crippen LogP contribution < -0.4 is 11.1 Å². The molecule has 0 amide bonds. The lowest BCUT2D eigenvalue weighted by Gasteiger charge is -2.28. The van der Waals surface area contributed by atoms with E-state index in [4.69, 9.17) is 10.9 Å². The zero-order valence-corrected chi connectivity index (χ0v) is 10.5. The predicted octanol–water partition coefficient (Wildman–Crippen LogP) is 1.04. The van der Waals surface area contributed by atoms with E-state index in [-0.39, 0.29) is 11.9 Å². The van der Waals surface area contributed by atoms with Gasteiger partial charge in [0.25, 0.3) is 0 Å². The Labute approximate surface area is 97.7 Å². The van der Waals surface area contributed by atoms with Crippen molar-refractivity contribution >= 4 is 5.84 Å². The molecule has 0 radical (unpaired) electrons. The molecule has 0 saturated carbocycles. The van der Waals surface area contributed by atoms with Crippen molar-refractivity contribution in [3.05, 3.63) is 0 Å². The second-order valence-electron chi connectivity index (χ2n) is 4.21. The molecule has 0 aliphatic carbocycles. The van der Waals surface area contributed by atoms with Crippen molar-refractivity contribution in [2.75, 3.05) is 6.54 Å². The normalized spacial score (nSPS) is 15.1. The van der Waals surface area contributed by atoms with Gasteiger partial charge in [0.1, 0.15) is 5.84 Å². The van der Waals surface area contributed by atoms with Gasteiger partial charge in [-0.05, 0) is 19.3 Å². The summed E-state index contributed by atoms with van der Waals surface area (Å²) >= 11 is 0. The lowest BCUT2D eigenvalue weighted by atomic mass is 9.96. The zero-order chi connectivity index (χ0) is 12.6. The maximum absolute atomic E-state index is 10.1. The van der Waals surface area contributed by atoms with Crippen LogP contribution in [0.1, 0.15) is 46.5 Å². The summed E-state index contributed by atoms with van der Waals surface area (Å²) in [6.07, 6.45) is 2.81. The van der Waals surface area contributed by atoms with Crippen molar-refractivity contribution in [2.24, 2.45) is 10.9 Å².